The van der Waals surface area contributed by atoms with E-state index in [4.69, 9.17) is 18.9 Å². The van der Waals surface area contributed by atoms with Crippen LogP contribution in [0.2, 0.25) is 0 Å². The number of ether oxygens (including phenoxy) is 4. The first-order valence-corrected chi connectivity index (χ1v) is 16.9. The van der Waals surface area contributed by atoms with Gasteiger partial charge < -0.3 is 54.9 Å². The van der Waals surface area contributed by atoms with Gasteiger partial charge in [-0.3, -0.25) is 19.2 Å². The molecule has 0 amide bonds. The van der Waals surface area contributed by atoms with Crippen molar-refractivity contribution in [3.05, 3.63) is 68.4 Å². The fourth-order valence-corrected chi connectivity index (χ4v) is 8.11. The van der Waals surface area contributed by atoms with E-state index in [9.17, 15) is 54.6 Å². The predicted octanol–water partition coefficient (Wildman–Crippen LogP) is 0.370. The maximum absolute atomic E-state index is 14.7. The molecule has 0 bridgehead atoms. The van der Waals surface area contributed by atoms with E-state index >= 15 is 0 Å². The smallest absolute Gasteiger partial charge is 0.342 e. The molecule has 284 valence electrons. The van der Waals surface area contributed by atoms with Crippen molar-refractivity contribution in [1.29, 1.82) is 0 Å². The Kier molecular flexibility index (Phi) is 9.64. The molecule has 1 heterocycles. The standard InChI is InChI=1S/C37H41NO15/c1-13(2)12-52-35(48)23-14(3)7-16-8-22(41)37(51-6)33(47)25-18(32(46)36(37,49)26(16)30(23)45)9-17-24(29(25)44)21(40)10-20(27(17)42)38-34-19(11-39)28(43)31(50-5)15(4)53-34/h7,9-10,13,15,19,22,28,31,34,38-39,41,43-45,49H,8,11-12H2,1-6H3/t15-,19+,22+,28-,31-,34?,36-,37+/m0/s1. The highest BCUT2D eigenvalue weighted by Crippen LogP contribution is 2.56. The number of rotatable bonds is 8. The van der Waals surface area contributed by atoms with Gasteiger partial charge in [0, 0.05) is 43.4 Å². The van der Waals surface area contributed by atoms with Gasteiger partial charge in [-0.15, -0.1) is 0 Å². The van der Waals surface area contributed by atoms with Crippen LogP contribution in [0.5, 0.6) is 11.5 Å². The number of allylic oxidation sites excluding steroid dienone is 2. The molecule has 3 aliphatic carbocycles. The zero-order valence-corrected chi connectivity index (χ0v) is 29.8. The molecular formula is C37H41NO15. The lowest BCUT2D eigenvalue weighted by atomic mass is 9.56. The monoisotopic (exact) mass is 739 g/mol. The van der Waals surface area contributed by atoms with Crippen LogP contribution in [0.25, 0.3) is 0 Å². The second kappa shape index (κ2) is 13.4. The second-order valence-electron chi connectivity index (χ2n) is 14.2. The number of carbonyl (C=O) groups excluding carboxylic acids is 5. The molecule has 2 aromatic rings. The summed E-state index contributed by atoms with van der Waals surface area (Å²) in [6.07, 6.45) is -5.64. The topological polar surface area (TPSA) is 256 Å². The first-order chi connectivity index (χ1) is 24.9. The summed E-state index contributed by atoms with van der Waals surface area (Å²) in [5.41, 5.74) is -10.2. The molecule has 1 fully saturated rings. The molecule has 0 aromatic heterocycles. The largest absolute Gasteiger partial charge is 0.507 e. The van der Waals surface area contributed by atoms with Crippen LogP contribution in [-0.4, -0.2) is 123 Å². The Balaban J connectivity index is 1.50. The lowest BCUT2D eigenvalue weighted by Gasteiger charge is -2.52. The Hall–Kier alpha value is -4.55. The molecular weight excluding hydrogens is 698 g/mol. The van der Waals surface area contributed by atoms with Crippen LogP contribution in [0.4, 0.5) is 0 Å². The number of nitrogens with one attached hydrogen (secondary N) is 1. The Labute approximate surface area is 302 Å². The van der Waals surface area contributed by atoms with Crippen molar-refractivity contribution in [2.75, 3.05) is 27.4 Å². The number of benzene rings is 2. The highest BCUT2D eigenvalue weighted by atomic mass is 16.6. The average molecular weight is 740 g/mol. The third-order valence-electron chi connectivity index (χ3n) is 10.7. The van der Waals surface area contributed by atoms with E-state index in [1.54, 1.807) is 20.8 Å². The van der Waals surface area contributed by atoms with E-state index in [1.807, 2.05) is 0 Å². The zero-order chi connectivity index (χ0) is 39.1. The quantitative estimate of drug-likeness (QED) is 0.181. The van der Waals surface area contributed by atoms with E-state index in [0.717, 1.165) is 19.3 Å². The van der Waals surface area contributed by atoms with Gasteiger partial charge in [0.25, 0.3) is 0 Å². The summed E-state index contributed by atoms with van der Waals surface area (Å²) in [5, 5.41) is 70.8. The zero-order valence-electron chi connectivity index (χ0n) is 29.8. The predicted molar refractivity (Wildman–Crippen MR) is 180 cm³/mol. The van der Waals surface area contributed by atoms with E-state index < -0.39 is 140 Å². The minimum Gasteiger partial charge on any atom is -0.507 e. The van der Waals surface area contributed by atoms with Crippen molar-refractivity contribution in [1.82, 2.24) is 5.32 Å². The molecule has 8 atom stereocenters. The molecule has 16 heteroatoms. The number of ketones is 4. The van der Waals surface area contributed by atoms with E-state index in [-0.39, 0.29) is 23.7 Å². The first-order valence-electron chi connectivity index (χ1n) is 16.9. The van der Waals surface area contributed by atoms with Gasteiger partial charge in [-0.1, -0.05) is 19.9 Å². The Morgan fingerprint density at radius 3 is 2.32 bits per heavy atom. The van der Waals surface area contributed by atoms with E-state index in [1.165, 1.54) is 20.1 Å². The number of carbonyl (C=O) groups is 5. The minimum atomic E-state index is -3.25. The number of hydrogen-bond donors (Lipinski definition) is 7. The second-order valence-corrected chi connectivity index (χ2v) is 14.2. The van der Waals surface area contributed by atoms with Crippen molar-refractivity contribution in [2.45, 2.75) is 76.0 Å². The number of methoxy groups -OCH3 is 2. The molecule has 0 saturated carbocycles. The number of aliphatic hydroxyl groups is 4. The van der Waals surface area contributed by atoms with Crippen LogP contribution in [0.3, 0.4) is 0 Å². The van der Waals surface area contributed by atoms with Crippen LogP contribution >= 0.6 is 0 Å². The SMILES string of the molecule is CO[C@@H]1[C@@H](O)[C@@H](CO)C(NC2=CC(=O)c3c(cc4c(c3O)C(=O)[C@]3(OC)[C@H](O)Cc5cc(C)c(C(=O)OCC(C)C)c(O)c5[C@]3(O)C4=O)C2=O)O[C@H]1C. The number of Topliss-reactive ketones (excluding diaryl/α,β-unsaturated/α-hetero) is 3. The number of aromatic hydroxyl groups is 2. The lowest BCUT2D eigenvalue weighted by Crippen LogP contribution is -2.73. The van der Waals surface area contributed by atoms with E-state index in [2.05, 4.69) is 5.32 Å². The molecule has 2 aromatic carbocycles. The van der Waals surface area contributed by atoms with Crippen LogP contribution < -0.4 is 5.32 Å². The van der Waals surface area contributed by atoms with E-state index in [0.29, 0.717) is 0 Å². The summed E-state index contributed by atoms with van der Waals surface area (Å²) in [5.74, 6) is -8.81. The number of hydrogen-bond acceptors (Lipinski definition) is 16. The number of aryl methyl sites for hydroxylation is 1. The van der Waals surface area contributed by atoms with Gasteiger partial charge >= 0.3 is 5.97 Å². The fraction of sp³-hybridized carbons (Fsp3) is 0.486. The number of phenols is 2. The van der Waals surface area contributed by atoms with Crippen molar-refractivity contribution in [3.8, 4) is 11.5 Å². The summed E-state index contributed by atoms with van der Waals surface area (Å²) < 4.78 is 22.0. The highest BCUT2D eigenvalue weighted by molar-refractivity contribution is 6.31. The van der Waals surface area contributed by atoms with Gasteiger partial charge in [-0.2, -0.15) is 0 Å². The third-order valence-corrected chi connectivity index (χ3v) is 10.7. The van der Waals surface area contributed by atoms with Gasteiger partial charge in [-0.25, -0.2) is 4.79 Å². The molecule has 0 radical (unpaired) electrons. The van der Waals surface area contributed by atoms with Gasteiger partial charge in [0.2, 0.25) is 17.3 Å². The number of phenolic OH excluding ortho intramolecular Hbond substituents is 2. The molecule has 6 rings (SSSR count). The van der Waals surface area contributed by atoms with Crippen LogP contribution in [-0.2, 0) is 31.0 Å². The molecule has 1 saturated heterocycles. The summed E-state index contributed by atoms with van der Waals surface area (Å²) in [7, 11) is 2.27. The highest BCUT2D eigenvalue weighted by Gasteiger charge is 2.72. The van der Waals surface area contributed by atoms with Gasteiger partial charge in [-0.05, 0) is 37.0 Å². The molecule has 53 heavy (non-hydrogen) atoms. The molecule has 0 spiro atoms. The van der Waals surface area contributed by atoms with Gasteiger partial charge in [0.15, 0.2) is 17.0 Å². The van der Waals surface area contributed by atoms with Crippen LogP contribution in [0.1, 0.15) is 89.3 Å². The van der Waals surface area contributed by atoms with Crippen LogP contribution in [0, 0.1) is 18.8 Å². The Bertz CT molecular complexity index is 1990. The number of esters is 1. The third kappa shape index (κ3) is 5.26. The van der Waals surface area contributed by atoms with Gasteiger partial charge in [0.05, 0.1) is 54.3 Å². The molecule has 1 aliphatic heterocycles. The average Bonchev–Trinajstić information content (AvgIpc) is 3.08. The first kappa shape index (κ1) is 38.2. The molecule has 1 unspecified atom stereocenters. The van der Waals surface area contributed by atoms with Crippen molar-refractivity contribution in [3.63, 3.8) is 0 Å². The molecule has 4 aliphatic rings. The fourth-order valence-electron chi connectivity index (χ4n) is 8.11. The Morgan fingerprint density at radius 1 is 1.04 bits per heavy atom. The number of aliphatic hydroxyl groups excluding tert-OH is 3. The van der Waals surface area contributed by atoms with Crippen molar-refractivity contribution < 1.29 is 73.6 Å². The molecule has 16 nitrogen and oxygen atoms in total. The summed E-state index contributed by atoms with van der Waals surface area (Å²) in [4.78, 5) is 70.0. The summed E-state index contributed by atoms with van der Waals surface area (Å²) in [6.45, 7) is 5.98. The Morgan fingerprint density at radius 2 is 1.72 bits per heavy atom. The summed E-state index contributed by atoms with van der Waals surface area (Å²) >= 11 is 0. The lowest BCUT2D eigenvalue weighted by molar-refractivity contribution is -0.214. The maximum atomic E-state index is 14.7. The van der Waals surface area contributed by atoms with Crippen molar-refractivity contribution in [2.24, 2.45) is 11.8 Å². The number of fused-ring (bicyclic) bond motifs is 5. The molecule has 7 N–H and O–H groups in total. The maximum Gasteiger partial charge on any atom is 0.342 e. The normalized spacial score (nSPS) is 30.7. The minimum absolute atomic E-state index is 0.00594. The van der Waals surface area contributed by atoms with Crippen LogP contribution in [0.15, 0.2) is 23.9 Å². The van der Waals surface area contributed by atoms with Crippen molar-refractivity contribution >= 4 is 29.1 Å². The van der Waals surface area contributed by atoms with Gasteiger partial charge in [0.1, 0.15) is 29.4 Å². The summed E-state index contributed by atoms with van der Waals surface area (Å²) in [6, 6.07) is 2.19.